The van der Waals surface area contributed by atoms with Gasteiger partial charge in [-0.05, 0) is 36.9 Å². The number of rotatable bonds is 5. The van der Waals surface area contributed by atoms with Crippen LogP contribution in [0.15, 0.2) is 24.4 Å². The van der Waals surface area contributed by atoms with Crippen molar-refractivity contribution in [2.75, 3.05) is 13.1 Å². The van der Waals surface area contributed by atoms with Gasteiger partial charge in [0.25, 0.3) is 0 Å². The van der Waals surface area contributed by atoms with Crippen molar-refractivity contribution in [1.82, 2.24) is 10.3 Å². The topological polar surface area (TPSA) is 50.9 Å². The van der Waals surface area contributed by atoms with Crippen LogP contribution in [0.4, 0.5) is 0 Å². The minimum atomic E-state index is 0.384. The second kappa shape index (κ2) is 4.73. The summed E-state index contributed by atoms with van der Waals surface area (Å²) in [6.07, 6.45) is 5.72. The fraction of sp³-hybridized carbons (Fsp3) is 0.583. The van der Waals surface area contributed by atoms with Crippen molar-refractivity contribution < 1.29 is 0 Å². The maximum Gasteiger partial charge on any atom is 0.0541 e. The van der Waals surface area contributed by atoms with Crippen LogP contribution >= 0.6 is 0 Å². The van der Waals surface area contributed by atoms with E-state index in [4.69, 9.17) is 5.73 Å². The Balaban J connectivity index is 1.75. The molecule has 3 heteroatoms. The van der Waals surface area contributed by atoms with Gasteiger partial charge in [-0.2, -0.15) is 0 Å². The van der Waals surface area contributed by atoms with Crippen molar-refractivity contribution in [1.29, 1.82) is 0 Å². The first-order chi connectivity index (χ1) is 7.35. The first-order valence-electron chi connectivity index (χ1n) is 5.65. The van der Waals surface area contributed by atoms with Crippen LogP contribution in [0.25, 0.3) is 0 Å². The highest BCUT2D eigenvalue weighted by Gasteiger charge is 2.34. The van der Waals surface area contributed by atoms with Gasteiger partial charge >= 0.3 is 0 Å². The van der Waals surface area contributed by atoms with E-state index in [0.717, 1.165) is 25.3 Å². The molecular weight excluding hydrogens is 186 g/mol. The number of nitrogens with two attached hydrogens (primary N) is 1. The lowest BCUT2D eigenvalue weighted by Crippen LogP contribution is -2.45. The summed E-state index contributed by atoms with van der Waals surface area (Å²) in [5, 5.41) is 3.45. The highest BCUT2D eigenvalue weighted by Crippen LogP contribution is 2.39. The van der Waals surface area contributed by atoms with Crippen LogP contribution in [0, 0.1) is 5.41 Å². The van der Waals surface area contributed by atoms with Crippen LogP contribution in [0.1, 0.15) is 25.0 Å². The number of aromatic nitrogens is 1. The van der Waals surface area contributed by atoms with Gasteiger partial charge in [-0.1, -0.05) is 12.5 Å². The van der Waals surface area contributed by atoms with Gasteiger partial charge in [0.15, 0.2) is 0 Å². The minimum Gasteiger partial charge on any atom is -0.330 e. The van der Waals surface area contributed by atoms with Gasteiger partial charge in [0.1, 0.15) is 0 Å². The summed E-state index contributed by atoms with van der Waals surface area (Å²) >= 11 is 0. The van der Waals surface area contributed by atoms with E-state index in [0.29, 0.717) is 5.41 Å². The van der Waals surface area contributed by atoms with Crippen LogP contribution in [0.2, 0.25) is 0 Å². The Hall–Kier alpha value is -0.930. The zero-order chi connectivity index (χ0) is 10.6. The summed E-state index contributed by atoms with van der Waals surface area (Å²) in [7, 11) is 0. The van der Waals surface area contributed by atoms with E-state index >= 15 is 0 Å². The monoisotopic (exact) mass is 205 g/mol. The van der Waals surface area contributed by atoms with E-state index in [1.807, 2.05) is 24.4 Å². The van der Waals surface area contributed by atoms with Gasteiger partial charge in [-0.15, -0.1) is 0 Å². The molecular formula is C12H19N3. The van der Waals surface area contributed by atoms with Gasteiger partial charge in [0, 0.05) is 19.3 Å². The molecule has 1 aromatic rings. The number of nitrogens with zero attached hydrogens (tertiary/aromatic N) is 1. The number of pyridine rings is 1. The minimum absolute atomic E-state index is 0.384. The van der Waals surface area contributed by atoms with Crippen LogP contribution in [-0.4, -0.2) is 18.1 Å². The van der Waals surface area contributed by atoms with E-state index < -0.39 is 0 Å². The Bertz CT molecular complexity index is 287. The first kappa shape index (κ1) is 10.6. The smallest absolute Gasteiger partial charge is 0.0541 e. The van der Waals surface area contributed by atoms with Crippen molar-refractivity contribution in [2.24, 2.45) is 11.1 Å². The van der Waals surface area contributed by atoms with E-state index in [1.165, 1.54) is 19.3 Å². The lowest BCUT2D eigenvalue weighted by Gasteiger charge is -2.41. The molecule has 82 valence electrons. The van der Waals surface area contributed by atoms with Gasteiger partial charge in [-0.3, -0.25) is 4.98 Å². The zero-order valence-electron chi connectivity index (χ0n) is 9.08. The summed E-state index contributed by atoms with van der Waals surface area (Å²) in [5.41, 5.74) is 7.28. The SMILES string of the molecule is NCC1(CNCc2ccccn2)CCC1. The highest BCUT2D eigenvalue weighted by atomic mass is 14.9. The Morgan fingerprint density at radius 2 is 2.27 bits per heavy atom. The predicted octanol–water partition coefficient (Wildman–Crippen LogP) is 1.30. The normalized spacial score (nSPS) is 18.5. The van der Waals surface area contributed by atoms with Crippen molar-refractivity contribution in [3.8, 4) is 0 Å². The molecule has 0 amide bonds. The average Bonchev–Trinajstić information content (AvgIpc) is 2.24. The maximum atomic E-state index is 5.79. The van der Waals surface area contributed by atoms with Gasteiger partial charge in [-0.25, -0.2) is 0 Å². The molecule has 1 aliphatic rings. The van der Waals surface area contributed by atoms with Gasteiger partial charge < -0.3 is 11.1 Å². The third-order valence-corrected chi connectivity index (χ3v) is 3.38. The molecule has 0 bridgehead atoms. The molecule has 0 aliphatic heterocycles. The number of hydrogen-bond acceptors (Lipinski definition) is 3. The molecule has 0 spiro atoms. The summed E-state index contributed by atoms with van der Waals surface area (Å²) in [5.74, 6) is 0. The Morgan fingerprint density at radius 1 is 1.40 bits per heavy atom. The lowest BCUT2D eigenvalue weighted by atomic mass is 9.69. The molecule has 15 heavy (non-hydrogen) atoms. The van der Waals surface area contributed by atoms with Crippen LogP contribution in [0.5, 0.6) is 0 Å². The van der Waals surface area contributed by atoms with Crippen molar-refractivity contribution in [3.05, 3.63) is 30.1 Å². The molecule has 0 aromatic carbocycles. The molecule has 1 saturated carbocycles. The standard InChI is InChI=1S/C12H19N3/c13-9-12(5-3-6-12)10-14-8-11-4-1-2-7-15-11/h1-2,4,7,14H,3,5-6,8-10,13H2. The summed E-state index contributed by atoms with van der Waals surface area (Å²) in [6, 6.07) is 6.01. The lowest BCUT2D eigenvalue weighted by molar-refractivity contribution is 0.140. The van der Waals surface area contributed by atoms with Gasteiger partial charge in [0.05, 0.1) is 5.69 Å². The van der Waals surface area contributed by atoms with Crippen molar-refractivity contribution in [2.45, 2.75) is 25.8 Å². The Morgan fingerprint density at radius 3 is 2.80 bits per heavy atom. The molecule has 3 nitrogen and oxygen atoms in total. The molecule has 0 atom stereocenters. The van der Waals surface area contributed by atoms with E-state index in [-0.39, 0.29) is 0 Å². The van der Waals surface area contributed by atoms with E-state index in [2.05, 4.69) is 10.3 Å². The highest BCUT2D eigenvalue weighted by molar-refractivity contribution is 5.03. The van der Waals surface area contributed by atoms with Crippen molar-refractivity contribution in [3.63, 3.8) is 0 Å². The number of nitrogens with one attached hydrogen (secondary N) is 1. The van der Waals surface area contributed by atoms with Crippen LogP contribution in [-0.2, 0) is 6.54 Å². The third kappa shape index (κ3) is 2.55. The predicted molar refractivity (Wildman–Crippen MR) is 61.3 cm³/mol. The molecule has 2 rings (SSSR count). The van der Waals surface area contributed by atoms with E-state index in [9.17, 15) is 0 Å². The molecule has 0 saturated heterocycles. The van der Waals surface area contributed by atoms with Crippen LogP contribution in [0.3, 0.4) is 0 Å². The fourth-order valence-electron chi connectivity index (χ4n) is 2.09. The summed E-state index contributed by atoms with van der Waals surface area (Å²) < 4.78 is 0. The molecule has 3 N–H and O–H groups in total. The maximum absolute atomic E-state index is 5.79. The third-order valence-electron chi connectivity index (χ3n) is 3.38. The average molecular weight is 205 g/mol. The summed E-state index contributed by atoms with van der Waals surface area (Å²) in [6.45, 7) is 2.69. The molecule has 1 aliphatic carbocycles. The molecule has 1 aromatic heterocycles. The second-order valence-corrected chi connectivity index (χ2v) is 4.48. The zero-order valence-corrected chi connectivity index (χ0v) is 9.08. The van der Waals surface area contributed by atoms with E-state index in [1.54, 1.807) is 0 Å². The first-order valence-corrected chi connectivity index (χ1v) is 5.65. The quantitative estimate of drug-likeness (QED) is 0.762. The fourth-order valence-corrected chi connectivity index (χ4v) is 2.09. The Labute approximate surface area is 91.1 Å². The summed E-state index contributed by atoms with van der Waals surface area (Å²) in [4.78, 5) is 4.27. The van der Waals surface area contributed by atoms with Gasteiger partial charge in [0.2, 0.25) is 0 Å². The number of hydrogen-bond donors (Lipinski definition) is 2. The molecule has 0 unspecified atom stereocenters. The second-order valence-electron chi connectivity index (χ2n) is 4.48. The molecule has 0 radical (unpaired) electrons. The van der Waals surface area contributed by atoms with Crippen molar-refractivity contribution >= 4 is 0 Å². The van der Waals surface area contributed by atoms with Crippen LogP contribution < -0.4 is 11.1 Å². The Kier molecular flexibility index (Phi) is 3.34. The largest absolute Gasteiger partial charge is 0.330 e. The molecule has 1 fully saturated rings. The molecule has 1 heterocycles.